The standard InChI is InChI=1S/7C15H30/c7*1-6-14(4)10-8-12-15(5)11-7-9-13(2)3/h12-14H,6-11H2,1-5H3;11,13-14H,6-10,12H2,1-5H3;10,13,15H,6-9,11-12H2,1-5H3;9,14-15H,6-8,10-12H2,1-5H3;6,13,15H,7-12H2,1-5H3;13,15H,4,6-12H2,1-3,5H3;6,13-15H,1,7-12H2,2-5H3/b15-12+;15-11+;14-10+;;14-6+;;. The molecule has 0 aromatic rings. The van der Waals surface area contributed by atoms with Crippen LogP contribution < -0.4 is 0 Å². The minimum atomic E-state index is 0.702. The first kappa shape index (κ1) is 116. The van der Waals surface area contributed by atoms with Gasteiger partial charge in [0.05, 0.1) is 0 Å². The van der Waals surface area contributed by atoms with Gasteiger partial charge >= 0.3 is 0 Å². The molecule has 0 aliphatic heterocycles. The molecule has 105 heavy (non-hydrogen) atoms. The molecule has 0 saturated heterocycles. The maximum absolute atomic E-state index is 4.06. The third kappa shape index (κ3) is 111. The van der Waals surface area contributed by atoms with E-state index < -0.39 is 0 Å². The molecule has 0 fully saturated rings. The summed E-state index contributed by atoms with van der Waals surface area (Å²) in [6.07, 6.45) is 72.3. The normalized spacial score (nSPS) is 14.5. The first-order valence-electron chi connectivity index (χ1n) is 46.9. The van der Waals surface area contributed by atoms with E-state index in [1.807, 2.05) is 0 Å². The van der Waals surface area contributed by atoms with E-state index in [4.69, 9.17) is 0 Å². The average Bonchev–Trinajstić information content (AvgIpc) is 1.36. The smallest absolute Gasteiger partial charge is 0.0265 e. The quantitative estimate of drug-likeness (QED) is 0.0533. The summed E-state index contributed by atoms with van der Waals surface area (Å²) in [6.45, 7) is 83.8. The molecule has 0 spiro atoms. The summed E-state index contributed by atoms with van der Waals surface area (Å²) in [5.41, 5.74) is 9.16. The molecule has 0 aliphatic rings. The Labute approximate surface area is 672 Å². The minimum absolute atomic E-state index is 0.702. The molecule has 9 atom stereocenters. The molecule has 9 unspecified atom stereocenters. The summed E-state index contributed by atoms with van der Waals surface area (Å²) >= 11 is 0. The fraction of sp³-hybridized carbons (Fsp3) is 0.867. The van der Waals surface area contributed by atoms with Crippen LogP contribution in [-0.2, 0) is 0 Å². The Hall–Kier alpha value is -1.82. The highest BCUT2D eigenvalue weighted by molar-refractivity contribution is 4.99. The Morgan fingerprint density at radius 2 is 0.505 bits per heavy atom. The van der Waals surface area contributed by atoms with E-state index in [9.17, 15) is 0 Å². The molecule has 0 radical (unpaired) electrons. The third-order valence-corrected chi connectivity index (χ3v) is 22.6. The predicted octanol–water partition coefficient (Wildman–Crippen LogP) is 39.0. The van der Waals surface area contributed by atoms with Gasteiger partial charge in [0, 0.05) is 0 Å². The van der Waals surface area contributed by atoms with Crippen molar-refractivity contribution in [2.75, 3.05) is 0 Å². The lowest BCUT2D eigenvalue weighted by molar-refractivity contribution is 0.413. The number of rotatable bonds is 58. The third-order valence-electron chi connectivity index (χ3n) is 22.6. The van der Waals surface area contributed by atoms with Gasteiger partial charge in [0.15, 0.2) is 0 Å². The Bertz CT molecular complexity index is 1890. The number of hydrogen-bond acceptors (Lipinski definition) is 0. The van der Waals surface area contributed by atoms with Gasteiger partial charge in [0.25, 0.3) is 0 Å². The van der Waals surface area contributed by atoms with Gasteiger partial charge in [-0.25, -0.2) is 0 Å². The van der Waals surface area contributed by atoms with Crippen LogP contribution in [0.3, 0.4) is 0 Å². The second-order valence-electron chi connectivity index (χ2n) is 38.1. The van der Waals surface area contributed by atoms with Gasteiger partial charge in [-0.05, 0) is 259 Å². The van der Waals surface area contributed by atoms with E-state index >= 15 is 0 Å². The van der Waals surface area contributed by atoms with E-state index in [0.717, 1.165) is 89.3 Å². The van der Waals surface area contributed by atoms with Crippen molar-refractivity contribution >= 4 is 0 Å². The molecule has 0 amide bonds. The van der Waals surface area contributed by atoms with Crippen molar-refractivity contribution in [3.8, 4) is 0 Å². The highest BCUT2D eigenvalue weighted by Gasteiger charge is 2.09. The first-order valence-corrected chi connectivity index (χ1v) is 46.9. The first-order chi connectivity index (χ1) is 49.4. The van der Waals surface area contributed by atoms with E-state index in [1.54, 1.807) is 22.3 Å². The summed E-state index contributed by atoms with van der Waals surface area (Å²) in [5, 5.41) is 0. The second kappa shape index (κ2) is 86.2. The van der Waals surface area contributed by atoms with Crippen LogP contribution in [0.4, 0.5) is 0 Å². The fourth-order valence-corrected chi connectivity index (χ4v) is 12.7. The van der Waals surface area contributed by atoms with Gasteiger partial charge in [0.1, 0.15) is 0 Å². The number of allylic oxidation sites excluding steroid dienone is 12. The molecule has 0 heterocycles. The van der Waals surface area contributed by atoms with Crippen molar-refractivity contribution in [3.05, 3.63) is 83.1 Å². The van der Waals surface area contributed by atoms with Crippen LogP contribution in [0.2, 0.25) is 0 Å². The zero-order valence-electron chi connectivity index (χ0n) is 79.9. The Balaban J connectivity index is -0.000000213. The number of hydrogen-bond donors (Lipinski definition) is 0. The molecule has 0 aromatic heterocycles. The summed E-state index contributed by atoms with van der Waals surface area (Å²) in [5.74, 6) is 13.2. The molecule has 630 valence electrons. The maximum atomic E-state index is 4.06. The molecule has 0 aliphatic carbocycles. The molecular formula is C105H210. The summed E-state index contributed by atoms with van der Waals surface area (Å²) < 4.78 is 0. The fourth-order valence-electron chi connectivity index (χ4n) is 12.7. The second-order valence-corrected chi connectivity index (χ2v) is 38.1. The highest BCUT2D eigenvalue weighted by atomic mass is 14.2. The maximum Gasteiger partial charge on any atom is -0.0265 e. The molecule has 0 rings (SSSR count). The highest BCUT2D eigenvalue weighted by Crippen LogP contribution is 2.25. The molecule has 0 nitrogen and oxygen atoms in total. The largest absolute Gasteiger partial charge is 0.103 e. The van der Waals surface area contributed by atoms with Crippen molar-refractivity contribution in [1.29, 1.82) is 0 Å². The Kier molecular flexibility index (Phi) is 95.6. The van der Waals surface area contributed by atoms with Crippen LogP contribution in [0.15, 0.2) is 83.1 Å². The molecule has 0 bridgehead atoms. The van der Waals surface area contributed by atoms with Gasteiger partial charge < -0.3 is 0 Å². The SMILES string of the molecule is C/C=C(\C)CCCC(C)CCCC(C)C.C=C(CC)CCCC(C)CCCC(C)C.C=CC(C)CCCC(C)CCCC(C)C.CC/C(C)=C/CCC(C)CCCC(C)C.CCC(C)CC/C=C(\C)CCCC(C)C.CCC(C)CCC/C(C)=C/CCC(C)C.CCC(C)CCCC(C)CCC=C(C)C. The monoisotopic (exact) mass is 1470 g/mol. The zero-order valence-corrected chi connectivity index (χ0v) is 79.9. The van der Waals surface area contributed by atoms with Crippen molar-refractivity contribution in [3.63, 3.8) is 0 Å². The Morgan fingerprint density at radius 3 is 0.829 bits per heavy atom. The molecule has 0 aromatic carbocycles. The van der Waals surface area contributed by atoms with Crippen LogP contribution in [0.25, 0.3) is 0 Å². The van der Waals surface area contributed by atoms with Gasteiger partial charge in [-0.15, -0.1) is 6.58 Å². The van der Waals surface area contributed by atoms with Gasteiger partial charge in [-0.2, -0.15) is 0 Å². The van der Waals surface area contributed by atoms with Crippen molar-refractivity contribution in [2.45, 2.75) is 505 Å². The predicted molar refractivity (Wildman–Crippen MR) is 498 cm³/mol. The van der Waals surface area contributed by atoms with Crippen molar-refractivity contribution in [2.24, 2.45) is 88.8 Å². The molecule has 0 heteroatoms. The van der Waals surface area contributed by atoms with Crippen LogP contribution >= 0.6 is 0 Å². The van der Waals surface area contributed by atoms with Crippen LogP contribution in [-0.4, -0.2) is 0 Å². The molecule has 0 saturated carbocycles. The summed E-state index contributed by atoms with van der Waals surface area (Å²) in [6, 6.07) is 0. The van der Waals surface area contributed by atoms with Gasteiger partial charge in [-0.3, -0.25) is 0 Å². The summed E-state index contributed by atoms with van der Waals surface area (Å²) in [7, 11) is 0. The van der Waals surface area contributed by atoms with Gasteiger partial charge in [0.2, 0.25) is 0 Å². The van der Waals surface area contributed by atoms with Crippen molar-refractivity contribution in [1.82, 2.24) is 0 Å². The lowest BCUT2D eigenvalue weighted by Gasteiger charge is -2.13. The summed E-state index contributed by atoms with van der Waals surface area (Å²) in [4.78, 5) is 0. The lowest BCUT2D eigenvalue weighted by Crippen LogP contribution is -1.98. The topological polar surface area (TPSA) is 0 Å². The minimum Gasteiger partial charge on any atom is -0.103 e. The Morgan fingerprint density at radius 1 is 0.257 bits per heavy atom. The van der Waals surface area contributed by atoms with E-state index in [1.165, 1.54) is 281 Å². The van der Waals surface area contributed by atoms with E-state index in [0.29, 0.717) is 5.92 Å². The van der Waals surface area contributed by atoms with Gasteiger partial charge in [-0.1, -0.05) is 411 Å². The van der Waals surface area contributed by atoms with Crippen LogP contribution in [0.5, 0.6) is 0 Å². The molecule has 0 N–H and O–H groups in total. The van der Waals surface area contributed by atoms with E-state index in [-0.39, 0.29) is 0 Å². The lowest BCUT2D eigenvalue weighted by atomic mass is 9.93. The van der Waals surface area contributed by atoms with Crippen LogP contribution in [0, 0.1) is 88.8 Å². The van der Waals surface area contributed by atoms with Crippen LogP contribution in [0.1, 0.15) is 505 Å². The van der Waals surface area contributed by atoms with Crippen molar-refractivity contribution < 1.29 is 0 Å². The molecular weight excluding hydrogens is 1260 g/mol. The average molecular weight is 1470 g/mol. The zero-order chi connectivity index (χ0) is 81.8. The van der Waals surface area contributed by atoms with E-state index in [2.05, 4.69) is 278 Å².